The van der Waals surface area contributed by atoms with Gasteiger partial charge in [-0.05, 0) is 39.3 Å². The number of rotatable bonds is 3. The average Bonchev–Trinajstić information content (AvgIpc) is 2.46. The van der Waals surface area contributed by atoms with Crippen LogP contribution in [0.2, 0.25) is 0 Å². The van der Waals surface area contributed by atoms with Crippen molar-refractivity contribution in [2.75, 3.05) is 0 Å². The molecule has 90 valence electrons. The molecule has 1 aromatic rings. The van der Waals surface area contributed by atoms with Gasteiger partial charge in [0.2, 0.25) is 0 Å². The molecule has 16 heavy (non-hydrogen) atoms. The minimum atomic E-state index is -0.247. The van der Waals surface area contributed by atoms with Crippen molar-refractivity contribution >= 4 is 33.2 Å². The zero-order chi connectivity index (χ0) is 12.5. The number of amides is 1. The van der Waals surface area contributed by atoms with Crippen LogP contribution < -0.4 is 5.32 Å². The van der Waals surface area contributed by atoms with Gasteiger partial charge in [-0.1, -0.05) is 22.9 Å². The molecule has 1 atom stereocenters. The van der Waals surface area contributed by atoms with Gasteiger partial charge in [0, 0.05) is 15.2 Å². The minimum absolute atomic E-state index is 0.0116. The summed E-state index contributed by atoms with van der Waals surface area (Å²) in [4.78, 5) is 14.2. The topological polar surface area (TPSA) is 29.1 Å². The fourth-order valence-electron chi connectivity index (χ4n) is 1.14. The Hall–Kier alpha value is -0.350. The highest BCUT2D eigenvalue weighted by Gasteiger charge is 2.26. The minimum Gasteiger partial charge on any atom is -0.345 e. The summed E-state index contributed by atoms with van der Waals surface area (Å²) in [6.45, 7) is 10.1. The number of aryl methyl sites for hydroxylation is 2. The lowest BCUT2D eigenvalue weighted by molar-refractivity contribution is 0.0918. The first-order valence-corrected chi connectivity index (χ1v) is 7.01. The Labute approximate surface area is 110 Å². The number of carbonyl (C=O) groups excluding carboxylic acids is 1. The fourth-order valence-corrected chi connectivity index (χ4v) is 2.18. The molecule has 0 aliphatic rings. The molecule has 1 unspecified atom stereocenters. The van der Waals surface area contributed by atoms with Crippen LogP contribution in [0.15, 0.2) is 6.07 Å². The first-order chi connectivity index (χ1) is 7.24. The van der Waals surface area contributed by atoms with E-state index in [2.05, 4.69) is 21.2 Å². The van der Waals surface area contributed by atoms with E-state index in [9.17, 15) is 4.79 Å². The number of carbonyl (C=O) groups is 1. The lowest BCUT2D eigenvalue weighted by atomic mass is 10.0. The van der Waals surface area contributed by atoms with E-state index < -0.39 is 0 Å². The molecular weight excluding hydrogens is 286 g/mol. The Morgan fingerprint density at radius 1 is 1.50 bits per heavy atom. The van der Waals surface area contributed by atoms with E-state index in [0.29, 0.717) is 0 Å². The summed E-state index contributed by atoms with van der Waals surface area (Å²) in [5.74, 6) is 0.0116. The highest BCUT2D eigenvalue weighted by Crippen LogP contribution is 2.22. The SMILES string of the molecule is Cc1cc(C(=O)NC(C)(C)C(C)Br)sc1C. The summed E-state index contributed by atoms with van der Waals surface area (Å²) in [7, 11) is 0. The number of halogens is 1. The van der Waals surface area contributed by atoms with E-state index in [1.54, 1.807) is 11.3 Å². The number of alkyl halides is 1. The molecule has 1 aromatic heterocycles. The Balaban J connectivity index is 2.80. The maximum atomic E-state index is 12.0. The molecule has 4 heteroatoms. The zero-order valence-corrected chi connectivity index (χ0v) is 12.8. The first-order valence-electron chi connectivity index (χ1n) is 5.27. The van der Waals surface area contributed by atoms with Gasteiger partial charge in [0.1, 0.15) is 0 Å². The van der Waals surface area contributed by atoms with Crippen LogP contribution in [0.25, 0.3) is 0 Å². The second-order valence-electron chi connectivity index (χ2n) is 4.64. The molecule has 1 heterocycles. The summed E-state index contributed by atoms with van der Waals surface area (Å²) in [6, 6.07) is 1.95. The van der Waals surface area contributed by atoms with E-state index in [4.69, 9.17) is 0 Å². The number of nitrogens with one attached hydrogen (secondary N) is 1. The van der Waals surface area contributed by atoms with Crippen LogP contribution in [0.3, 0.4) is 0 Å². The van der Waals surface area contributed by atoms with Gasteiger partial charge in [0.05, 0.1) is 4.88 Å². The largest absolute Gasteiger partial charge is 0.345 e. The van der Waals surface area contributed by atoms with Crippen LogP contribution in [0.4, 0.5) is 0 Å². The third-order valence-electron chi connectivity index (χ3n) is 2.82. The summed E-state index contributed by atoms with van der Waals surface area (Å²) in [5.41, 5.74) is 0.933. The predicted octanol–water partition coefficient (Wildman–Crippen LogP) is 3.66. The fraction of sp³-hybridized carbons (Fsp3) is 0.583. The van der Waals surface area contributed by atoms with Gasteiger partial charge in [0.15, 0.2) is 0 Å². The summed E-state index contributed by atoms with van der Waals surface area (Å²) in [5, 5.41) is 3.04. The molecular formula is C12H18BrNOS. The van der Waals surface area contributed by atoms with Crippen molar-refractivity contribution in [2.24, 2.45) is 0 Å². The molecule has 0 aromatic carbocycles. The average molecular weight is 304 g/mol. The van der Waals surface area contributed by atoms with E-state index in [-0.39, 0.29) is 16.3 Å². The third kappa shape index (κ3) is 3.08. The zero-order valence-electron chi connectivity index (χ0n) is 10.3. The normalized spacial score (nSPS) is 13.6. The molecule has 0 aliphatic heterocycles. The van der Waals surface area contributed by atoms with Crippen LogP contribution >= 0.6 is 27.3 Å². The van der Waals surface area contributed by atoms with Gasteiger partial charge >= 0.3 is 0 Å². The van der Waals surface area contributed by atoms with E-state index in [1.807, 2.05) is 40.7 Å². The van der Waals surface area contributed by atoms with Gasteiger partial charge in [-0.15, -0.1) is 11.3 Å². The third-order valence-corrected chi connectivity index (χ3v) is 5.12. The predicted molar refractivity (Wildman–Crippen MR) is 73.7 cm³/mol. The van der Waals surface area contributed by atoms with Crippen molar-refractivity contribution in [1.82, 2.24) is 5.32 Å². The maximum absolute atomic E-state index is 12.0. The first kappa shape index (κ1) is 13.7. The second kappa shape index (κ2) is 4.88. The van der Waals surface area contributed by atoms with Crippen molar-refractivity contribution in [3.05, 3.63) is 21.4 Å². The Kier molecular flexibility index (Phi) is 4.18. The van der Waals surface area contributed by atoms with Gasteiger partial charge in [-0.25, -0.2) is 0 Å². The Morgan fingerprint density at radius 2 is 2.06 bits per heavy atom. The van der Waals surface area contributed by atoms with Gasteiger partial charge < -0.3 is 5.32 Å². The Bertz CT molecular complexity index is 376. The highest BCUT2D eigenvalue weighted by molar-refractivity contribution is 9.09. The monoisotopic (exact) mass is 303 g/mol. The van der Waals surface area contributed by atoms with Gasteiger partial charge in [0.25, 0.3) is 5.91 Å². The van der Waals surface area contributed by atoms with Crippen LogP contribution in [0.1, 0.15) is 40.9 Å². The standard InChI is InChI=1S/C12H18BrNOS/c1-7-6-10(16-8(7)2)11(15)14-12(4,5)9(3)13/h6,9H,1-5H3,(H,14,15). The smallest absolute Gasteiger partial charge is 0.261 e. The van der Waals surface area contributed by atoms with Crippen LogP contribution in [-0.4, -0.2) is 16.3 Å². The van der Waals surface area contributed by atoms with Crippen LogP contribution in [0, 0.1) is 13.8 Å². The van der Waals surface area contributed by atoms with E-state index >= 15 is 0 Å². The second-order valence-corrected chi connectivity index (χ2v) is 7.27. The molecule has 1 amide bonds. The summed E-state index contributed by atoms with van der Waals surface area (Å²) in [6.07, 6.45) is 0. The van der Waals surface area contributed by atoms with Crippen LogP contribution in [0.5, 0.6) is 0 Å². The molecule has 0 fully saturated rings. The molecule has 0 bridgehead atoms. The van der Waals surface area contributed by atoms with Crippen molar-refractivity contribution in [2.45, 2.75) is 45.0 Å². The van der Waals surface area contributed by atoms with Gasteiger partial charge in [-0.2, -0.15) is 0 Å². The Morgan fingerprint density at radius 3 is 2.44 bits per heavy atom. The maximum Gasteiger partial charge on any atom is 0.261 e. The quantitative estimate of drug-likeness (QED) is 0.848. The van der Waals surface area contributed by atoms with Gasteiger partial charge in [-0.3, -0.25) is 4.79 Å². The molecule has 0 spiro atoms. The molecule has 1 N–H and O–H groups in total. The molecule has 0 saturated carbocycles. The van der Waals surface area contributed by atoms with Crippen LogP contribution in [-0.2, 0) is 0 Å². The van der Waals surface area contributed by atoms with Crippen molar-refractivity contribution in [1.29, 1.82) is 0 Å². The molecule has 2 nitrogen and oxygen atoms in total. The number of hydrogen-bond acceptors (Lipinski definition) is 2. The molecule has 1 rings (SSSR count). The van der Waals surface area contributed by atoms with Crippen molar-refractivity contribution < 1.29 is 4.79 Å². The summed E-state index contributed by atoms with van der Waals surface area (Å²) < 4.78 is 0. The molecule has 0 aliphatic carbocycles. The number of hydrogen-bond donors (Lipinski definition) is 1. The van der Waals surface area contributed by atoms with Crippen molar-refractivity contribution in [3.63, 3.8) is 0 Å². The van der Waals surface area contributed by atoms with E-state index in [1.165, 1.54) is 10.4 Å². The van der Waals surface area contributed by atoms with E-state index in [0.717, 1.165) is 4.88 Å². The summed E-state index contributed by atoms with van der Waals surface area (Å²) >= 11 is 5.05. The van der Waals surface area contributed by atoms with Crippen molar-refractivity contribution in [3.8, 4) is 0 Å². The number of thiophene rings is 1. The highest BCUT2D eigenvalue weighted by atomic mass is 79.9. The lowest BCUT2D eigenvalue weighted by Crippen LogP contribution is -2.48. The molecule has 0 radical (unpaired) electrons. The molecule has 0 saturated heterocycles. The lowest BCUT2D eigenvalue weighted by Gasteiger charge is -2.28.